The van der Waals surface area contributed by atoms with Crippen LogP contribution in [0.15, 0.2) is 54.7 Å². The number of hydrogen-bond donors (Lipinski definition) is 1. The summed E-state index contributed by atoms with van der Waals surface area (Å²) in [6.07, 6.45) is 1.16. The lowest BCUT2D eigenvalue weighted by Gasteiger charge is -2.07. The lowest BCUT2D eigenvalue weighted by atomic mass is 10.0. The smallest absolute Gasteiger partial charge is 0.144 e. The molecule has 3 aromatic rings. The number of hydrogen-bond acceptors (Lipinski definition) is 2. The van der Waals surface area contributed by atoms with Gasteiger partial charge in [0.25, 0.3) is 0 Å². The Morgan fingerprint density at radius 2 is 1.83 bits per heavy atom. The van der Waals surface area contributed by atoms with Gasteiger partial charge in [0, 0.05) is 5.39 Å². The number of nitrogens with zero attached hydrogens (tertiary/aromatic N) is 2. The SMILES string of the molecule is CC(O)n1ncc2ccc(-c3ccccc3)cc21. The van der Waals surface area contributed by atoms with Gasteiger partial charge >= 0.3 is 0 Å². The molecule has 0 bridgehead atoms. The molecule has 2 aromatic carbocycles. The van der Waals surface area contributed by atoms with Crippen molar-refractivity contribution in [2.45, 2.75) is 13.2 Å². The summed E-state index contributed by atoms with van der Waals surface area (Å²) < 4.78 is 1.63. The van der Waals surface area contributed by atoms with Crippen LogP contribution in [-0.4, -0.2) is 14.9 Å². The molecule has 3 heteroatoms. The van der Waals surface area contributed by atoms with E-state index in [1.54, 1.807) is 17.8 Å². The zero-order valence-electron chi connectivity index (χ0n) is 10.1. The summed E-state index contributed by atoms with van der Waals surface area (Å²) in [7, 11) is 0. The molecule has 0 aliphatic heterocycles. The molecule has 1 unspecified atom stereocenters. The molecule has 0 aliphatic rings. The summed E-state index contributed by atoms with van der Waals surface area (Å²) in [4.78, 5) is 0. The number of benzene rings is 2. The molecule has 3 nitrogen and oxygen atoms in total. The van der Waals surface area contributed by atoms with Gasteiger partial charge in [0.1, 0.15) is 6.23 Å². The van der Waals surface area contributed by atoms with Crippen molar-refractivity contribution in [2.24, 2.45) is 0 Å². The molecule has 1 atom stereocenters. The fourth-order valence-electron chi connectivity index (χ4n) is 2.15. The number of aromatic nitrogens is 2. The fraction of sp³-hybridized carbons (Fsp3) is 0.133. The minimum absolute atomic E-state index is 0.617. The Kier molecular flexibility index (Phi) is 2.61. The van der Waals surface area contributed by atoms with Crippen molar-refractivity contribution in [3.63, 3.8) is 0 Å². The largest absolute Gasteiger partial charge is 0.372 e. The Morgan fingerprint density at radius 1 is 1.06 bits per heavy atom. The van der Waals surface area contributed by atoms with E-state index in [2.05, 4.69) is 29.4 Å². The van der Waals surface area contributed by atoms with Crippen molar-refractivity contribution in [3.05, 3.63) is 54.7 Å². The maximum atomic E-state index is 9.67. The Hall–Kier alpha value is -2.13. The zero-order valence-corrected chi connectivity index (χ0v) is 10.1. The summed E-state index contributed by atoms with van der Waals surface area (Å²) in [6.45, 7) is 1.71. The van der Waals surface area contributed by atoms with Gasteiger partial charge < -0.3 is 5.11 Å². The van der Waals surface area contributed by atoms with Crippen LogP contribution in [-0.2, 0) is 0 Å². The summed E-state index contributed by atoms with van der Waals surface area (Å²) in [6, 6.07) is 16.4. The first-order valence-electron chi connectivity index (χ1n) is 5.96. The minimum Gasteiger partial charge on any atom is -0.372 e. The van der Waals surface area contributed by atoms with Gasteiger partial charge in [0.2, 0.25) is 0 Å². The molecular weight excluding hydrogens is 224 g/mol. The van der Waals surface area contributed by atoms with E-state index < -0.39 is 6.23 Å². The topological polar surface area (TPSA) is 38.0 Å². The molecule has 0 radical (unpaired) electrons. The van der Waals surface area contributed by atoms with Crippen molar-refractivity contribution < 1.29 is 5.11 Å². The van der Waals surface area contributed by atoms with E-state index in [-0.39, 0.29) is 0 Å². The van der Waals surface area contributed by atoms with Gasteiger partial charge in [-0.2, -0.15) is 5.10 Å². The fourth-order valence-corrected chi connectivity index (χ4v) is 2.15. The van der Waals surface area contributed by atoms with Crippen LogP contribution in [0.1, 0.15) is 13.2 Å². The molecule has 0 fully saturated rings. The molecular formula is C15H14N2O. The van der Waals surface area contributed by atoms with Crippen molar-refractivity contribution in [2.75, 3.05) is 0 Å². The molecule has 0 spiro atoms. The van der Waals surface area contributed by atoms with Crippen LogP contribution in [0.25, 0.3) is 22.0 Å². The van der Waals surface area contributed by atoms with E-state index >= 15 is 0 Å². The molecule has 1 heterocycles. The second kappa shape index (κ2) is 4.27. The highest BCUT2D eigenvalue weighted by Gasteiger charge is 2.07. The van der Waals surface area contributed by atoms with Crippen LogP contribution in [0.5, 0.6) is 0 Å². The summed E-state index contributed by atoms with van der Waals surface area (Å²) in [5, 5.41) is 14.9. The van der Waals surface area contributed by atoms with Crippen molar-refractivity contribution in [1.82, 2.24) is 9.78 Å². The second-order valence-electron chi connectivity index (χ2n) is 4.36. The Morgan fingerprint density at radius 3 is 2.56 bits per heavy atom. The van der Waals surface area contributed by atoms with Gasteiger partial charge in [-0.05, 0) is 24.1 Å². The quantitative estimate of drug-likeness (QED) is 0.744. The van der Waals surface area contributed by atoms with Gasteiger partial charge in [0.05, 0.1) is 11.7 Å². The average molecular weight is 238 g/mol. The Labute approximate surface area is 105 Å². The van der Waals surface area contributed by atoms with E-state index in [1.165, 1.54) is 0 Å². The molecule has 0 amide bonds. The maximum absolute atomic E-state index is 9.67. The first-order chi connectivity index (χ1) is 8.75. The van der Waals surface area contributed by atoms with Crippen LogP contribution in [0.4, 0.5) is 0 Å². The van der Waals surface area contributed by atoms with Crippen molar-refractivity contribution in [3.8, 4) is 11.1 Å². The van der Waals surface area contributed by atoms with Gasteiger partial charge in [0.15, 0.2) is 0 Å². The molecule has 90 valence electrons. The highest BCUT2D eigenvalue weighted by atomic mass is 16.3. The molecule has 18 heavy (non-hydrogen) atoms. The van der Waals surface area contributed by atoms with Crippen LogP contribution >= 0.6 is 0 Å². The summed E-state index contributed by atoms with van der Waals surface area (Å²) in [5.41, 5.74) is 3.24. The van der Waals surface area contributed by atoms with E-state index in [0.717, 1.165) is 22.0 Å². The normalized spacial score (nSPS) is 12.8. The summed E-state index contributed by atoms with van der Waals surface area (Å²) in [5.74, 6) is 0. The third-order valence-electron chi connectivity index (χ3n) is 3.06. The Balaban J connectivity index is 2.18. The first kappa shape index (κ1) is 11.0. The average Bonchev–Trinajstić information content (AvgIpc) is 2.82. The van der Waals surface area contributed by atoms with E-state index in [0.29, 0.717) is 0 Å². The van der Waals surface area contributed by atoms with Crippen LogP contribution in [0.3, 0.4) is 0 Å². The van der Waals surface area contributed by atoms with Crippen molar-refractivity contribution >= 4 is 10.9 Å². The minimum atomic E-state index is -0.617. The molecule has 0 saturated heterocycles. The number of aliphatic hydroxyl groups excluding tert-OH is 1. The standard InChI is InChI=1S/C15H14N2O/c1-11(18)17-15-9-13(7-8-14(15)10-16-17)12-5-3-2-4-6-12/h2-11,18H,1H3. The first-order valence-corrected chi connectivity index (χ1v) is 5.96. The maximum Gasteiger partial charge on any atom is 0.144 e. The van der Waals surface area contributed by atoms with E-state index in [9.17, 15) is 5.11 Å². The van der Waals surface area contributed by atoms with E-state index in [1.807, 2.05) is 24.3 Å². The van der Waals surface area contributed by atoms with Gasteiger partial charge in [-0.1, -0.05) is 42.5 Å². The molecule has 1 N–H and O–H groups in total. The van der Waals surface area contributed by atoms with Crippen LogP contribution in [0.2, 0.25) is 0 Å². The zero-order chi connectivity index (χ0) is 12.5. The lowest BCUT2D eigenvalue weighted by Crippen LogP contribution is -2.04. The van der Waals surface area contributed by atoms with Crippen molar-refractivity contribution in [1.29, 1.82) is 0 Å². The highest BCUT2D eigenvalue weighted by molar-refractivity contribution is 5.84. The third kappa shape index (κ3) is 1.79. The van der Waals surface area contributed by atoms with Gasteiger partial charge in [-0.15, -0.1) is 0 Å². The molecule has 0 aliphatic carbocycles. The van der Waals surface area contributed by atoms with Gasteiger partial charge in [-0.3, -0.25) is 0 Å². The summed E-state index contributed by atoms with van der Waals surface area (Å²) >= 11 is 0. The second-order valence-corrected chi connectivity index (χ2v) is 4.36. The molecule has 0 saturated carbocycles. The lowest BCUT2D eigenvalue weighted by molar-refractivity contribution is 0.115. The third-order valence-corrected chi connectivity index (χ3v) is 3.06. The predicted molar refractivity (Wildman–Crippen MR) is 72.1 cm³/mol. The Bertz CT molecular complexity index is 671. The van der Waals surface area contributed by atoms with Gasteiger partial charge in [-0.25, -0.2) is 4.68 Å². The monoisotopic (exact) mass is 238 g/mol. The molecule has 3 rings (SSSR count). The van der Waals surface area contributed by atoms with Crippen LogP contribution in [0, 0.1) is 0 Å². The number of fused-ring (bicyclic) bond motifs is 1. The number of aliphatic hydroxyl groups is 1. The highest BCUT2D eigenvalue weighted by Crippen LogP contribution is 2.25. The number of rotatable bonds is 2. The predicted octanol–water partition coefficient (Wildman–Crippen LogP) is 3.21. The van der Waals surface area contributed by atoms with E-state index in [4.69, 9.17) is 0 Å². The van der Waals surface area contributed by atoms with Crippen LogP contribution < -0.4 is 0 Å². The molecule has 1 aromatic heterocycles.